The average Bonchev–Trinajstić information content (AvgIpc) is 1.95. The van der Waals surface area contributed by atoms with Crippen LogP contribution < -0.4 is 0 Å². The van der Waals surface area contributed by atoms with E-state index in [9.17, 15) is 4.39 Å². The van der Waals surface area contributed by atoms with E-state index in [0.717, 1.165) is 5.56 Å². The third-order valence-electron chi connectivity index (χ3n) is 1.07. The van der Waals surface area contributed by atoms with Gasteiger partial charge in [-0.1, -0.05) is 0 Å². The van der Waals surface area contributed by atoms with Gasteiger partial charge in [0.2, 0.25) is 0 Å². The van der Waals surface area contributed by atoms with Crippen LogP contribution in [0.25, 0.3) is 0 Å². The van der Waals surface area contributed by atoms with Crippen LogP contribution in [0.4, 0.5) is 4.39 Å². The topological polar surface area (TPSA) is 46.0 Å². The van der Waals surface area contributed by atoms with Crippen molar-refractivity contribution >= 4 is 0 Å². The summed E-state index contributed by atoms with van der Waals surface area (Å²) < 4.78 is 12.0. The van der Waals surface area contributed by atoms with E-state index in [0.29, 0.717) is 6.42 Å². The molecule has 54 valence electrons. The normalized spacial score (nSPS) is 9.80. The Kier molecular flexibility index (Phi) is 2.28. The summed E-state index contributed by atoms with van der Waals surface area (Å²) in [6.45, 7) is 0.0367. The van der Waals surface area contributed by atoms with Gasteiger partial charge in [-0.15, -0.1) is 0 Å². The molecule has 0 aromatic carbocycles. The van der Waals surface area contributed by atoms with Gasteiger partial charge < -0.3 is 5.11 Å². The molecule has 1 aromatic heterocycles. The van der Waals surface area contributed by atoms with Gasteiger partial charge in [0.05, 0.1) is 0 Å². The zero-order valence-electron chi connectivity index (χ0n) is 5.29. The van der Waals surface area contributed by atoms with Crippen LogP contribution >= 0.6 is 0 Å². The molecule has 1 N–H and O–H groups in total. The third-order valence-corrected chi connectivity index (χ3v) is 1.07. The van der Waals surface area contributed by atoms with Crippen molar-refractivity contribution in [2.24, 2.45) is 0 Å². The summed E-state index contributed by atoms with van der Waals surface area (Å²) in [4.78, 5) is 6.62. The number of aliphatic hydroxyl groups excluding tert-OH is 1. The first-order chi connectivity index (χ1) is 4.83. The van der Waals surface area contributed by atoms with E-state index in [2.05, 4.69) is 9.97 Å². The number of halogens is 1. The molecule has 0 saturated carbocycles. The Morgan fingerprint density at radius 1 is 1.40 bits per heavy atom. The predicted octanol–water partition coefficient (Wildman–Crippen LogP) is 0.150. The second kappa shape index (κ2) is 3.22. The van der Waals surface area contributed by atoms with Gasteiger partial charge in [-0.25, -0.2) is 9.97 Å². The van der Waals surface area contributed by atoms with E-state index in [1.165, 1.54) is 12.4 Å². The molecule has 1 heterocycles. The molecule has 0 aliphatic rings. The highest BCUT2D eigenvalue weighted by molar-refractivity contribution is 5.02. The first kappa shape index (κ1) is 7.08. The molecule has 0 unspecified atom stereocenters. The Balaban J connectivity index is 2.69. The quantitative estimate of drug-likeness (QED) is 0.598. The average molecular weight is 142 g/mol. The summed E-state index contributed by atoms with van der Waals surface area (Å²) >= 11 is 0. The van der Waals surface area contributed by atoms with Crippen LogP contribution in [0.2, 0.25) is 0 Å². The summed E-state index contributed by atoms with van der Waals surface area (Å²) in [5, 5.41) is 8.44. The maximum absolute atomic E-state index is 12.0. The molecule has 0 atom stereocenters. The zero-order chi connectivity index (χ0) is 7.40. The molecule has 0 spiro atoms. The highest BCUT2D eigenvalue weighted by Gasteiger charge is 1.93. The number of rotatable bonds is 2. The summed E-state index contributed by atoms with van der Waals surface area (Å²) in [7, 11) is 0. The molecule has 0 bridgehead atoms. The molecule has 10 heavy (non-hydrogen) atoms. The fourth-order valence-corrected chi connectivity index (χ4v) is 0.597. The minimum Gasteiger partial charge on any atom is -0.396 e. The minimum absolute atomic E-state index is 0.0367. The van der Waals surface area contributed by atoms with Crippen LogP contribution in [0, 0.1) is 6.08 Å². The van der Waals surface area contributed by atoms with Crippen LogP contribution in [0.3, 0.4) is 0 Å². The third kappa shape index (κ3) is 1.73. The molecule has 0 saturated heterocycles. The lowest BCUT2D eigenvalue weighted by molar-refractivity contribution is 0.299. The Hall–Kier alpha value is -1.03. The first-order valence-corrected chi connectivity index (χ1v) is 2.90. The van der Waals surface area contributed by atoms with Crippen molar-refractivity contribution in [1.82, 2.24) is 9.97 Å². The lowest BCUT2D eigenvalue weighted by atomic mass is 10.3. The Morgan fingerprint density at radius 3 is 2.50 bits per heavy atom. The SMILES string of the molecule is OCCc1cnc(F)nc1. The van der Waals surface area contributed by atoms with Gasteiger partial charge in [-0.05, 0) is 12.0 Å². The van der Waals surface area contributed by atoms with Crippen molar-refractivity contribution in [1.29, 1.82) is 0 Å². The van der Waals surface area contributed by atoms with Crippen LogP contribution in [-0.4, -0.2) is 21.7 Å². The van der Waals surface area contributed by atoms with Gasteiger partial charge in [0.15, 0.2) is 0 Å². The lowest BCUT2D eigenvalue weighted by Gasteiger charge is -1.93. The second-order valence-corrected chi connectivity index (χ2v) is 1.83. The molecular weight excluding hydrogens is 135 g/mol. The van der Waals surface area contributed by atoms with Crippen molar-refractivity contribution in [3.8, 4) is 0 Å². The van der Waals surface area contributed by atoms with Crippen molar-refractivity contribution in [2.45, 2.75) is 6.42 Å². The van der Waals surface area contributed by atoms with E-state index in [1.807, 2.05) is 0 Å². The Morgan fingerprint density at radius 2 is 2.00 bits per heavy atom. The smallest absolute Gasteiger partial charge is 0.308 e. The van der Waals surface area contributed by atoms with E-state index >= 15 is 0 Å². The molecule has 4 heteroatoms. The van der Waals surface area contributed by atoms with Gasteiger partial charge in [0, 0.05) is 19.0 Å². The first-order valence-electron chi connectivity index (χ1n) is 2.90. The monoisotopic (exact) mass is 142 g/mol. The Labute approximate surface area is 57.6 Å². The largest absolute Gasteiger partial charge is 0.396 e. The van der Waals surface area contributed by atoms with Crippen molar-refractivity contribution < 1.29 is 9.50 Å². The molecule has 3 nitrogen and oxygen atoms in total. The van der Waals surface area contributed by atoms with Crippen molar-refractivity contribution in [3.63, 3.8) is 0 Å². The van der Waals surface area contributed by atoms with Crippen LogP contribution in [0.5, 0.6) is 0 Å². The molecule has 1 rings (SSSR count). The molecule has 0 aliphatic carbocycles. The van der Waals surface area contributed by atoms with Crippen LogP contribution in [0.1, 0.15) is 5.56 Å². The number of hydrogen-bond donors (Lipinski definition) is 1. The fraction of sp³-hybridized carbons (Fsp3) is 0.333. The Bertz CT molecular complexity index is 199. The molecule has 0 amide bonds. The van der Waals surface area contributed by atoms with E-state index < -0.39 is 6.08 Å². The predicted molar refractivity (Wildman–Crippen MR) is 32.8 cm³/mol. The lowest BCUT2D eigenvalue weighted by Crippen LogP contribution is -1.95. The van der Waals surface area contributed by atoms with Gasteiger partial charge in [0.1, 0.15) is 0 Å². The van der Waals surface area contributed by atoms with Gasteiger partial charge in [0.25, 0.3) is 0 Å². The molecular formula is C6H7FN2O. The summed E-state index contributed by atoms with van der Waals surface area (Å²) in [5.41, 5.74) is 0.740. The number of nitrogens with zero attached hydrogens (tertiary/aromatic N) is 2. The number of aromatic nitrogens is 2. The zero-order valence-corrected chi connectivity index (χ0v) is 5.29. The number of aliphatic hydroxyl groups is 1. The van der Waals surface area contributed by atoms with Gasteiger partial charge in [-0.2, -0.15) is 4.39 Å². The van der Waals surface area contributed by atoms with Crippen LogP contribution in [-0.2, 0) is 6.42 Å². The highest BCUT2D eigenvalue weighted by atomic mass is 19.1. The van der Waals surface area contributed by atoms with E-state index in [4.69, 9.17) is 5.11 Å². The van der Waals surface area contributed by atoms with Crippen LogP contribution in [0.15, 0.2) is 12.4 Å². The summed E-state index contributed by atoms with van der Waals surface area (Å²) in [5.74, 6) is 0. The van der Waals surface area contributed by atoms with Gasteiger partial charge >= 0.3 is 6.08 Å². The molecule has 0 radical (unpaired) electrons. The molecule has 0 fully saturated rings. The maximum Gasteiger partial charge on any atom is 0.308 e. The highest BCUT2D eigenvalue weighted by Crippen LogP contribution is 1.94. The summed E-state index contributed by atoms with van der Waals surface area (Å²) in [6, 6.07) is 0. The van der Waals surface area contributed by atoms with E-state index in [1.54, 1.807) is 0 Å². The number of hydrogen-bond acceptors (Lipinski definition) is 3. The maximum atomic E-state index is 12.0. The summed E-state index contributed by atoms with van der Waals surface area (Å²) in [6.07, 6.45) is 2.46. The second-order valence-electron chi connectivity index (χ2n) is 1.83. The van der Waals surface area contributed by atoms with E-state index in [-0.39, 0.29) is 6.61 Å². The molecule has 1 aromatic rings. The van der Waals surface area contributed by atoms with Crippen molar-refractivity contribution in [3.05, 3.63) is 24.0 Å². The van der Waals surface area contributed by atoms with Crippen molar-refractivity contribution in [2.75, 3.05) is 6.61 Å². The molecule has 0 aliphatic heterocycles. The minimum atomic E-state index is -0.735. The van der Waals surface area contributed by atoms with Gasteiger partial charge in [-0.3, -0.25) is 0 Å². The standard InChI is InChI=1S/C6H7FN2O/c7-6-8-3-5(1-2-10)4-9-6/h3-4,10H,1-2H2. The fourth-order valence-electron chi connectivity index (χ4n) is 0.597.